The number of rotatable bonds is 5. The highest BCUT2D eigenvalue weighted by molar-refractivity contribution is 6.30. The van der Waals surface area contributed by atoms with Crippen LogP contribution >= 0.6 is 11.6 Å². The number of carbonyl (C=O) groups excluding carboxylic acids is 1. The maximum absolute atomic E-state index is 13.7. The predicted molar refractivity (Wildman–Crippen MR) is 139 cm³/mol. The summed E-state index contributed by atoms with van der Waals surface area (Å²) in [5.41, 5.74) is 4.87. The third-order valence-corrected chi connectivity index (χ3v) is 6.97. The number of benzene rings is 3. The van der Waals surface area contributed by atoms with Gasteiger partial charge in [0.25, 0.3) is 5.91 Å². The van der Waals surface area contributed by atoms with Crippen molar-refractivity contribution in [3.8, 4) is 11.5 Å². The van der Waals surface area contributed by atoms with E-state index in [0.717, 1.165) is 47.6 Å². The van der Waals surface area contributed by atoms with E-state index in [2.05, 4.69) is 6.08 Å². The van der Waals surface area contributed by atoms with Gasteiger partial charge >= 0.3 is 0 Å². The number of allylic oxidation sites excluding steroid dienone is 1. The summed E-state index contributed by atoms with van der Waals surface area (Å²) in [4.78, 5) is 13.7. The van der Waals surface area contributed by atoms with Gasteiger partial charge in [-0.15, -0.1) is 0 Å². The Bertz CT molecular complexity index is 1260. The van der Waals surface area contributed by atoms with Gasteiger partial charge < -0.3 is 9.47 Å². The van der Waals surface area contributed by atoms with Gasteiger partial charge in [0.1, 0.15) is 11.5 Å². The highest BCUT2D eigenvalue weighted by atomic mass is 35.5. The summed E-state index contributed by atoms with van der Waals surface area (Å²) >= 11 is 6.06. The fourth-order valence-electron chi connectivity index (χ4n) is 4.93. The fraction of sp³-hybridized carbons (Fsp3) is 0.241. The third kappa shape index (κ3) is 4.69. The maximum Gasteiger partial charge on any atom is 0.274 e. The number of nitrogens with zero attached hydrogens (tertiary/aromatic N) is 2. The minimum atomic E-state index is -0.182. The van der Waals surface area contributed by atoms with E-state index >= 15 is 0 Å². The third-order valence-electron chi connectivity index (χ3n) is 6.71. The second-order valence-electron chi connectivity index (χ2n) is 8.80. The number of hydrogen-bond acceptors (Lipinski definition) is 4. The zero-order valence-electron chi connectivity index (χ0n) is 19.8. The highest BCUT2D eigenvalue weighted by Gasteiger charge is 2.43. The molecule has 1 fully saturated rings. The second kappa shape index (κ2) is 9.96. The summed E-state index contributed by atoms with van der Waals surface area (Å²) in [5, 5.41) is 7.23. The number of methoxy groups -OCH3 is 2. The zero-order valence-corrected chi connectivity index (χ0v) is 20.5. The summed E-state index contributed by atoms with van der Waals surface area (Å²) in [6, 6.07) is 22.8. The normalized spacial score (nSPS) is 20.4. The number of fused-ring (bicyclic) bond motifs is 1. The van der Waals surface area contributed by atoms with E-state index in [-0.39, 0.29) is 17.9 Å². The van der Waals surface area contributed by atoms with Gasteiger partial charge in [-0.2, -0.15) is 5.10 Å². The molecule has 1 aliphatic heterocycles. The Balaban J connectivity index is 1.55. The first-order chi connectivity index (χ1) is 17.1. The Morgan fingerprint density at radius 3 is 2.20 bits per heavy atom. The van der Waals surface area contributed by atoms with E-state index in [1.807, 2.05) is 48.5 Å². The van der Waals surface area contributed by atoms with Crippen LogP contribution in [0.4, 0.5) is 0 Å². The molecule has 3 aromatic rings. The minimum absolute atomic E-state index is 0.123. The van der Waals surface area contributed by atoms with Crippen molar-refractivity contribution >= 4 is 29.3 Å². The van der Waals surface area contributed by atoms with Crippen molar-refractivity contribution < 1.29 is 14.3 Å². The minimum Gasteiger partial charge on any atom is -0.497 e. The number of hydrazone groups is 1. The van der Waals surface area contributed by atoms with Gasteiger partial charge in [-0.05, 0) is 90.6 Å². The lowest BCUT2D eigenvalue weighted by Crippen LogP contribution is -2.31. The zero-order chi connectivity index (χ0) is 24.4. The molecule has 0 saturated heterocycles. The number of carbonyl (C=O) groups is 1. The molecule has 3 aromatic carbocycles. The predicted octanol–water partition coefficient (Wildman–Crippen LogP) is 6.79. The lowest BCUT2D eigenvalue weighted by molar-refractivity contribution is 0.0681. The summed E-state index contributed by atoms with van der Waals surface area (Å²) in [6.45, 7) is 0. The number of amides is 1. The van der Waals surface area contributed by atoms with Crippen LogP contribution in [0, 0.1) is 5.92 Å². The maximum atomic E-state index is 13.7. The molecule has 0 bridgehead atoms. The molecule has 35 heavy (non-hydrogen) atoms. The molecule has 0 radical (unpaired) electrons. The summed E-state index contributed by atoms with van der Waals surface area (Å²) < 4.78 is 10.6. The standard InChI is InChI=1S/C29H27ClN2O3/c1-34-24-14-6-19(7-15-24)18-22-4-3-5-26-27(22)31-32(29(33)21-8-12-23(30)13-9-21)28(26)20-10-16-25(35-2)17-11-20/h6-18,26,28H,3-5H2,1-2H3/b22-18-/t26-,28-/m0/s1. The van der Waals surface area contributed by atoms with Crippen molar-refractivity contribution in [2.24, 2.45) is 11.0 Å². The fourth-order valence-corrected chi connectivity index (χ4v) is 5.05. The van der Waals surface area contributed by atoms with Crippen LogP contribution in [0.3, 0.4) is 0 Å². The van der Waals surface area contributed by atoms with Crippen LogP contribution in [0.25, 0.3) is 6.08 Å². The Morgan fingerprint density at radius 1 is 0.943 bits per heavy atom. The Hall–Kier alpha value is -3.57. The Kier molecular flexibility index (Phi) is 6.60. The molecule has 5 nitrogen and oxygen atoms in total. The van der Waals surface area contributed by atoms with E-state index in [1.165, 1.54) is 5.57 Å². The molecule has 0 aromatic heterocycles. The van der Waals surface area contributed by atoms with Crippen LogP contribution in [0.5, 0.6) is 11.5 Å². The second-order valence-corrected chi connectivity index (χ2v) is 9.24. The SMILES string of the molecule is COc1ccc(/C=C2/CCC[C@H]3C2=NN(C(=O)c2ccc(Cl)cc2)[C@H]3c2ccc(OC)cc2)cc1. The molecular formula is C29H27ClN2O3. The van der Waals surface area contributed by atoms with E-state index in [0.29, 0.717) is 10.6 Å². The first-order valence-electron chi connectivity index (χ1n) is 11.7. The van der Waals surface area contributed by atoms with Crippen molar-refractivity contribution in [3.05, 3.63) is 100 Å². The van der Waals surface area contributed by atoms with Crippen LogP contribution < -0.4 is 9.47 Å². The van der Waals surface area contributed by atoms with Gasteiger partial charge in [0.2, 0.25) is 0 Å². The van der Waals surface area contributed by atoms with Gasteiger partial charge in [0.15, 0.2) is 0 Å². The molecule has 1 aliphatic carbocycles. The van der Waals surface area contributed by atoms with Crippen LogP contribution in [0.15, 0.2) is 83.5 Å². The van der Waals surface area contributed by atoms with E-state index in [1.54, 1.807) is 43.5 Å². The number of halogens is 1. The van der Waals surface area contributed by atoms with E-state index < -0.39 is 0 Å². The van der Waals surface area contributed by atoms with Crippen LogP contribution in [0.2, 0.25) is 5.02 Å². The van der Waals surface area contributed by atoms with Crippen LogP contribution in [-0.4, -0.2) is 30.8 Å². The molecule has 178 valence electrons. The van der Waals surface area contributed by atoms with Crippen molar-refractivity contribution in [3.63, 3.8) is 0 Å². The smallest absolute Gasteiger partial charge is 0.274 e. The van der Waals surface area contributed by atoms with Crippen LogP contribution in [-0.2, 0) is 0 Å². The van der Waals surface area contributed by atoms with Gasteiger partial charge in [-0.1, -0.05) is 35.9 Å². The molecule has 0 unspecified atom stereocenters. The Morgan fingerprint density at radius 2 is 1.57 bits per heavy atom. The molecule has 0 N–H and O–H groups in total. The van der Waals surface area contributed by atoms with Crippen molar-refractivity contribution in [1.29, 1.82) is 0 Å². The van der Waals surface area contributed by atoms with Gasteiger partial charge in [-0.25, -0.2) is 5.01 Å². The Labute approximate surface area is 210 Å². The quantitative estimate of drug-likeness (QED) is 0.398. The largest absolute Gasteiger partial charge is 0.497 e. The lowest BCUT2D eigenvalue weighted by Gasteiger charge is -2.29. The number of ether oxygens (including phenoxy) is 2. The van der Waals surface area contributed by atoms with Gasteiger partial charge in [-0.3, -0.25) is 4.79 Å². The van der Waals surface area contributed by atoms with E-state index in [9.17, 15) is 4.79 Å². The monoisotopic (exact) mass is 486 g/mol. The first kappa shape index (κ1) is 23.2. The number of hydrogen-bond donors (Lipinski definition) is 0. The van der Waals surface area contributed by atoms with Gasteiger partial charge in [0.05, 0.1) is 26.0 Å². The molecule has 1 saturated carbocycles. The summed E-state index contributed by atoms with van der Waals surface area (Å²) in [7, 11) is 3.32. The van der Waals surface area contributed by atoms with E-state index in [4.69, 9.17) is 26.2 Å². The molecular weight excluding hydrogens is 460 g/mol. The molecule has 1 amide bonds. The molecule has 1 heterocycles. The van der Waals surface area contributed by atoms with Gasteiger partial charge in [0, 0.05) is 16.5 Å². The van der Waals surface area contributed by atoms with Crippen molar-refractivity contribution in [2.75, 3.05) is 14.2 Å². The molecule has 0 spiro atoms. The van der Waals surface area contributed by atoms with Crippen molar-refractivity contribution in [2.45, 2.75) is 25.3 Å². The lowest BCUT2D eigenvalue weighted by atomic mass is 9.77. The molecule has 2 atom stereocenters. The summed E-state index contributed by atoms with van der Waals surface area (Å²) in [5.74, 6) is 1.60. The molecule has 2 aliphatic rings. The van der Waals surface area contributed by atoms with Crippen LogP contribution in [0.1, 0.15) is 46.8 Å². The topological polar surface area (TPSA) is 51.1 Å². The molecule has 5 rings (SSSR count). The average molecular weight is 487 g/mol. The summed E-state index contributed by atoms with van der Waals surface area (Å²) in [6.07, 6.45) is 5.13. The van der Waals surface area contributed by atoms with Crippen molar-refractivity contribution in [1.82, 2.24) is 5.01 Å². The first-order valence-corrected chi connectivity index (χ1v) is 12.1. The molecule has 6 heteroatoms. The highest BCUT2D eigenvalue weighted by Crippen LogP contribution is 2.45. The average Bonchev–Trinajstić information content (AvgIpc) is 3.30.